The number of carbonyl (C=O) groups excluding carboxylic acids is 1. The number of nitrogens with zero attached hydrogens (tertiary/aromatic N) is 3. The highest BCUT2D eigenvalue weighted by atomic mass is 19.1. The lowest BCUT2D eigenvalue weighted by Gasteiger charge is -2.28. The van der Waals surface area contributed by atoms with Gasteiger partial charge in [-0.25, -0.2) is 13.9 Å². The molecule has 5 nitrogen and oxygen atoms in total. The van der Waals surface area contributed by atoms with Gasteiger partial charge in [0, 0.05) is 6.42 Å². The Kier molecular flexibility index (Phi) is 6.08. The molecular weight excluding hydrogens is 381 g/mol. The van der Waals surface area contributed by atoms with Gasteiger partial charge in [0.25, 0.3) is 0 Å². The Bertz CT molecular complexity index is 891. The summed E-state index contributed by atoms with van der Waals surface area (Å²) in [7, 11) is 0. The summed E-state index contributed by atoms with van der Waals surface area (Å²) < 4.78 is 23.7. The highest BCUT2D eigenvalue weighted by Crippen LogP contribution is 2.39. The minimum Gasteiger partial charge on any atom is -0.456 e. The summed E-state index contributed by atoms with van der Waals surface area (Å²) in [6, 6.07) is 7.05. The number of halogens is 1. The predicted octanol–water partition coefficient (Wildman–Crippen LogP) is 5.51. The van der Waals surface area contributed by atoms with Crippen LogP contribution in [-0.4, -0.2) is 26.6 Å². The fourth-order valence-electron chi connectivity index (χ4n) is 4.00. The smallest absolute Gasteiger partial charge is 0.338 e. The number of fused-ring (bicyclic) bond motifs is 1. The van der Waals surface area contributed by atoms with Crippen LogP contribution in [0.3, 0.4) is 0 Å². The monoisotopic (exact) mass is 415 g/mol. The molecule has 0 spiro atoms. The molecule has 0 bridgehead atoms. The number of alkyl halides is 1. The van der Waals surface area contributed by atoms with Gasteiger partial charge in [-0.15, -0.1) is 5.10 Å². The number of hydrogen-bond donors (Lipinski definition) is 0. The van der Waals surface area contributed by atoms with E-state index >= 15 is 4.39 Å². The van der Waals surface area contributed by atoms with Gasteiger partial charge in [-0.3, -0.25) is 0 Å². The van der Waals surface area contributed by atoms with E-state index in [9.17, 15) is 4.79 Å². The first-order chi connectivity index (χ1) is 13.9. The van der Waals surface area contributed by atoms with Crippen LogP contribution in [-0.2, 0) is 28.8 Å². The van der Waals surface area contributed by atoms with E-state index in [1.807, 2.05) is 37.6 Å². The van der Waals surface area contributed by atoms with Crippen molar-refractivity contribution in [2.75, 3.05) is 0 Å². The summed E-state index contributed by atoms with van der Waals surface area (Å²) in [5.74, 6) is -0.370. The first-order valence-corrected chi connectivity index (χ1v) is 10.9. The highest BCUT2D eigenvalue weighted by molar-refractivity contribution is 5.89. The highest BCUT2D eigenvalue weighted by Gasteiger charge is 2.40. The molecular formula is C24H34FN3O2. The number of hydrogen-bond acceptors (Lipinski definition) is 4. The van der Waals surface area contributed by atoms with Crippen molar-refractivity contribution in [1.82, 2.24) is 15.0 Å². The maximum absolute atomic E-state index is 16.4. The molecule has 1 aromatic carbocycles. The van der Waals surface area contributed by atoms with Crippen molar-refractivity contribution in [1.29, 1.82) is 0 Å². The Labute approximate surface area is 179 Å². The van der Waals surface area contributed by atoms with Gasteiger partial charge < -0.3 is 4.74 Å². The number of aromatic nitrogens is 3. The van der Waals surface area contributed by atoms with Crippen LogP contribution < -0.4 is 0 Å². The molecule has 0 saturated carbocycles. The van der Waals surface area contributed by atoms with Crippen LogP contribution in [0.5, 0.6) is 0 Å². The molecule has 0 aliphatic heterocycles. The normalized spacial score (nSPS) is 20.2. The zero-order valence-corrected chi connectivity index (χ0v) is 19.1. The summed E-state index contributed by atoms with van der Waals surface area (Å²) in [5.41, 5.74) is 0.346. The molecule has 0 fully saturated rings. The fraction of sp³-hybridized carbons (Fsp3) is 0.625. The van der Waals surface area contributed by atoms with Gasteiger partial charge in [0.1, 0.15) is 11.3 Å². The van der Waals surface area contributed by atoms with Gasteiger partial charge in [0.15, 0.2) is 5.67 Å². The van der Waals surface area contributed by atoms with E-state index in [2.05, 4.69) is 31.1 Å². The molecule has 0 radical (unpaired) electrons. The summed E-state index contributed by atoms with van der Waals surface area (Å²) in [6.07, 6.45) is 4.29. The zero-order chi connectivity index (χ0) is 22.2. The lowest BCUT2D eigenvalue weighted by Crippen LogP contribution is -2.30. The maximum atomic E-state index is 16.4. The van der Waals surface area contributed by atoms with Crippen LogP contribution in [0, 0.1) is 0 Å². The van der Waals surface area contributed by atoms with Crippen molar-refractivity contribution in [3.05, 3.63) is 46.8 Å². The van der Waals surface area contributed by atoms with Crippen LogP contribution in [0.4, 0.5) is 4.39 Å². The second-order valence-corrected chi connectivity index (χ2v) is 10.4. The van der Waals surface area contributed by atoms with E-state index in [-0.39, 0.29) is 17.9 Å². The molecule has 0 amide bonds. The lowest BCUT2D eigenvalue weighted by molar-refractivity contribution is 0.00695. The summed E-state index contributed by atoms with van der Waals surface area (Å²) >= 11 is 0. The third-order valence-corrected chi connectivity index (χ3v) is 5.38. The maximum Gasteiger partial charge on any atom is 0.338 e. The van der Waals surface area contributed by atoms with Gasteiger partial charge in [-0.2, -0.15) is 0 Å². The lowest BCUT2D eigenvalue weighted by atomic mass is 9.84. The molecule has 6 heteroatoms. The van der Waals surface area contributed by atoms with Gasteiger partial charge in [0.05, 0.1) is 16.8 Å². The SMILES string of the molecule is CC(C)(C)OC(=O)c1ccc(CC2(F)CCCCCc3c2nnn3C(C)(C)C)cc1. The summed E-state index contributed by atoms with van der Waals surface area (Å²) in [4.78, 5) is 12.3. The molecule has 1 unspecified atom stereocenters. The van der Waals surface area contributed by atoms with Crippen molar-refractivity contribution >= 4 is 5.97 Å². The number of esters is 1. The second kappa shape index (κ2) is 8.12. The minimum atomic E-state index is -1.56. The molecule has 0 saturated heterocycles. The molecule has 2 aromatic rings. The predicted molar refractivity (Wildman–Crippen MR) is 115 cm³/mol. The summed E-state index contributed by atoms with van der Waals surface area (Å²) in [5, 5.41) is 8.65. The average molecular weight is 416 g/mol. The topological polar surface area (TPSA) is 57.0 Å². The third-order valence-electron chi connectivity index (χ3n) is 5.38. The standard InChI is InChI=1S/C24H34FN3O2/c1-22(2,3)28-19-10-8-7-9-15-24(25,20(19)26-27-28)16-17-11-13-18(14-12-17)21(29)30-23(4,5)6/h11-14H,7-10,15-16H2,1-6H3. The van der Waals surface area contributed by atoms with Crippen LogP contribution in [0.2, 0.25) is 0 Å². The molecule has 0 N–H and O–H groups in total. The Morgan fingerprint density at radius 1 is 1.10 bits per heavy atom. The molecule has 1 aromatic heterocycles. The first-order valence-electron chi connectivity index (χ1n) is 10.9. The number of rotatable bonds is 3. The van der Waals surface area contributed by atoms with Crippen molar-refractivity contribution in [2.24, 2.45) is 0 Å². The van der Waals surface area contributed by atoms with E-state index < -0.39 is 11.3 Å². The quantitative estimate of drug-likeness (QED) is 0.620. The van der Waals surface area contributed by atoms with Crippen molar-refractivity contribution in [3.8, 4) is 0 Å². The van der Waals surface area contributed by atoms with Crippen molar-refractivity contribution in [2.45, 2.75) is 96.9 Å². The van der Waals surface area contributed by atoms with Gasteiger partial charge in [-0.1, -0.05) is 23.8 Å². The Morgan fingerprint density at radius 3 is 2.37 bits per heavy atom. The van der Waals surface area contributed by atoms with E-state index in [1.54, 1.807) is 12.1 Å². The minimum absolute atomic E-state index is 0.220. The van der Waals surface area contributed by atoms with Crippen LogP contribution >= 0.6 is 0 Å². The van der Waals surface area contributed by atoms with E-state index in [1.165, 1.54) is 0 Å². The molecule has 3 rings (SSSR count). The van der Waals surface area contributed by atoms with Crippen LogP contribution in [0.25, 0.3) is 0 Å². The molecule has 1 atom stereocenters. The molecule has 1 aliphatic rings. The second-order valence-electron chi connectivity index (χ2n) is 10.4. The summed E-state index contributed by atoms with van der Waals surface area (Å²) in [6.45, 7) is 11.7. The number of benzene rings is 1. The Morgan fingerprint density at radius 2 is 1.77 bits per heavy atom. The van der Waals surface area contributed by atoms with E-state index in [0.29, 0.717) is 17.7 Å². The molecule has 1 aliphatic carbocycles. The first kappa shape index (κ1) is 22.4. The van der Waals surface area contributed by atoms with E-state index in [0.717, 1.165) is 36.9 Å². The van der Waals surface area contributed by atoms with Crippen molar-refractivity contribution < 1.29 is 13.9 Å². The van der Waals surface area contributed by atoms with E-state index in [4.69, 9.17) is 4.74 Å². The Balaban J connectivity index is 1.87. The van der Waals surface area contributed by atoms with Gasteiger partial charge in [0.2, 0.25) is 0 Å². The largest absolute Gasteiger partial charge is 0.456 e. The van der Waals surface area contributed by atoms with Gasteiger partial charge >= 0.3 is 5.97 Å². The molecule has 164 valence electrons. The number of ether oxygens (including phenoxy) is 1. The Hall–Kier alpha value is -2.24. The number of carbonyl (C=O) groups is 1. The third kappa shape index (κ3) is 5.08. The van der Waals surface area contributed by atoms with Crippen LogP contribution in [0.15, 0.2) is 24.3 Å². The molecule has 30 heavy (non-hydrogen) atoms. The molecule has 1 heterocycles. The average Bonchev–Trinajstić information content (AvgIpc) is 3.04. The van der Waals surface area contributed by atoms with Gasteiger partial charge in [-0.05, 0) is 84.9 Å². The zero-order valence-electron chi connectivity index (χ0n) is 19.1. The fourth-order valence-corrected chi connectivity index (χ4v) is 4.00. The van der Waals surface area contributed by atoms with Crippen LogP contribution in [0.1, 0.15) is 94.5 Å². The van der Waals surface area contributed by atoms with Crippen molar-refractivity contribution in [3.63, 3.8) is 0 Å².